The van der Waals surface area contributed by atoms with Gasteiger partial charge in [0.25, 0.3) is 0 Å². The first kappa shape index (κ1) is 13.9. The molecule has 96 valence electrons. The lowest BCUT2D eigenvalue weighted by Crippen LogP contribution is -2.30. The van der Waals surface area contributed by atoms with E-state index in [0.717, 1.165) is 0 Å². The van der Waals surface area contributed by atoms with Crippen molar-refractivity contribution in [2.75, 3.05) is 46.3 Å². The largest absolute Gasteiger partial charge is 0.315 e. The van der Waals surface area contributed by atoms with Crippen molar-refractivity contribution in [1.29, 1.82) is 0 Å². The zero-order valence-corrected chi connectivity index (χ0v) is 11.3. The minimum atomic E-state index is 0.683. The Morgan fingerprint density at radius 3 is 2.75 bits per heavy atom. The number of unbranched alkanes of at least 4 members (excludes halogenated alkanes) is 1. The number of hydrogen-bond acceptors (Lipinski definition) is 3. The van der Waals surface area contributed by atoms with Gasteiger partial charge in [-0.3, -0.25) is 0 Å². The summed E-state index contributed by atoms with van der Waals surface area (Å²) >= 11 is 0. The minimum absolute atomic E-state index is 0.683. The van der Waals surface area contributed by atoms with Crippen LogP contribution in [0.3, 0.4) is 0 Å². The van der Waals surface area contributed by atoms with Gasteiger partial charge in [-0.2, -0.15) is 0 Å². The van der Waals surface area contributed by atoms with Crippen LogP contribution in [0.5, 0.6) is 0 Å². The summed E-state index contributed by atoms with van der Waals surface area (Å²) in [7, 11) is 2.22. The monoisotopic (exact) mass is 227 g/mol. The van der Waals surface area contributed by atoms with Crippen molar-refractivity contribution in [3.63, 3.8) is 0 Å². The van der Waals surface area contributed by atoms with Crippen LogP contribution < -0.4 is 5.32 Å². The van der Waals surface area contributed by atoms with Gasteiger partial charge in [0.05, 0.1) is 0 Å². The molecule has 1 saturated heterocycles. The second-order valence-electron chi connectivity index (χ2n) is 5.23. The number of nitrogens with one attached hydrogen (secondary N) is 1. The van der Waals surface area contributed by atoms with Crippen LogP contribution in [0.2, 0.25) is 0 Å². The molecule has 0 bridgehead atoms. The third-order valence-corrected chi connectivity index (χ3v) is 3.55. The van der Waals surface area contributed by atoms with Crippen LogP contribution in [-0.4, -0.2) is 62.2 Å². The highest BCUT2D eigenvalue weighted by molar-refractivity contribution is 4.66. The first-order valence-electron chi connectivity index (χ1n) is 6.83. The fourth-order valence-electron chi connectivity index (χ4n) is 2.08. The molecule has 0 spiro atoms. The lowest BCUT2D eigenvalue weighted by molar-refractivity contribution is 0.247. The predicted octanol–water partition coefficient (Wildman–Crippen LogP) is 1.40. The van der Waals surface area contributed by atoms with Crippen LogP contribution in [0.4, 0.5) is 0 Å². The number of nitrogens with zero attached hydrogens (tertiary/aromatic N) is 2. The van der Waals surface area contributed by atoms with Crippen LogP contribution in [0.1, 0.15) is 33.1 Å². The SMILES string of the molecule is CC(C)N(C)CCCCN1CCCNCC1. The highest BCUT2D eigenvalue weighted by Crippen LogP contribution is 2.01. The summed E-state index contributed by atoms with van der Waals surface area (Å²) in [6.45, 7) is 11.9. The fraction of sp³-hybridized carbons (Fsp3) is 1.00. The Hall–Kier alpha value is -0.120. The van der Waals surface area contributed by atoms with E-state index in [1.807, 2.05) is 0 Å². The molecule has 3 nitrogen and oxygen atoms in total. The molecular weight excluding hydrogens is 198 g/mol. The maximum Gasteiger partial charge on any atom is 0.0107 e. The summed E-state index contributed by atoms with van der Waals surface area (Å²) in [5.74, 6) is 0. The Bertz CT molecular complexity index is 163. The minimum Gasteiger partial charge on any atom is -0.315 e. The molecule has 1 heterocycles. The van der Waals surface area contributed by atoms with Gasteiger partial charge in [-0.25, -0.2) is 0 Å². The van der Waals surface area contributed by atoms with E-state index in [-0.39, 0.29) is 0 Å². The third kappa shape index (κ3) is 5.83. The van der Waals surface area contributed by atoms with E-state index in [2.05, 4.69) is 36.0 Å². The van der Waals surface area contributed by atoms with Crippen molar-refractivity contribution in [2.24, 2.45) is 0 Å². The van der Waals surface area contributed by atoms with E-state index in [0.29, 0.717) is 6.04 Å². The zero-order valence-electron chi connectivity index (χ0n) is 11.3. The molecule has 0 saturated carbocycles. The van der Waals surface area contributed by atoms with Crippen LogP contribution in [0.25, 0.3) is 0 Å². The smallest absolute Gasteiger partial charge is 0.0107 e. The Labute approximate surface area is 101 Å². The molecule has 0 unspecified atom stereocenters. The molecule has 0 aromatic rings. The van der Waals surface area contributed by atoms with E-state index in [1.165, 1.54) is 58.5 Å². The van der Waals surface area contributed by atoms with Crippen molar-refractivity contribution in [2.45, 2.75) is 39.2 Å². The molecule has 16 heavy (non-hydrogen) atoms. The maximum atomic E-state index is 3.45. The number of hydrogen-bond donors (Lipinski definition) is 1. The van der Waals surface area contributed by atoms with Crippen molar-refractivity contribution < 1.29 is 0 Å². The van der Waals surface area contributed by atoms with Gasteiger partial charge in [-0.15, -0.1) is 0 Å². The zero-order chi connectivity index (χ0) is 11.8. The third-order valence-electron chi connectivity index (χ3n) is 3.55. The summed E-state index contributed by atoms with van der Waals surface area (Å²) in [6, 6.07) is 0.683. The summed E-state index contributed by atoms with van der Waals surface area (Å²) in [5, 5.41) is 3.45. The first-order chi connectivity index (χ1) is 7.70. The summed E-state index contributed by atoms with van der Waals surface area (Å²) < 4.78 is 0. The lowest BCUT2D eigenvalue weighted by Gasteiger charge is -2.22. The van der Waals surface area contributed by atoms with Crippen molar-refractivity contribution in [3.8, 4) is 0 Å². The van der Waals surface area contributed by atoms with Crippen LogP contribution in [0, 0.1) is 0 Å². The van der Waals surface area contributed by atoms with Crippen LogP contribution in [0.15, 0.2) is 0 Å². The highest BCUT2D eigenvalue weighted by atomic mass is 15.1. The standard InChI is InChI=1S/C13H29N3/c1-13(2)15(3)9-4-5-10-16-11-6-7-14-8-12-16/h13-14H,4-12H2,1-3H3. The van der Waals surface area contributed by atoms with E-state index in [9.17, 15) is 0 Å². The molecular formula is C13H29N3. The van der Waals surface area contributed by atoms with Gasteiger partial charge in [-0.1, -0.05) is 0 Å². The van der Waals surface area contributed by atoms with Gasteiger partial charge < -0.3 is 15.1 Å². The molecule has 0 aromatic heterocycles. The second-order valence-corrected chi connectivity index (χ2v) is 5.23. The molecule has 1 fully saturated rings. The quantitative estimate of drug-likeness (QED) is 0.692. The second kappa shape index (κ2) is 8.04. The molecule has 1 rings (SSSR count). The molecule has 0 aromatic carbocycles. The summed E-state index contributed by atoms with van der Waals surface area (Å²) in [4.78, 5) is 5.04. The Balaban J connectivity index is 2.01. The Morgan fingerprint density at radius 2 is 2.00 bits per heavy atom. The van der Waals surface area contributed by atoms with Crippen LogP contribution >= 0.6 is 0 Å². The van der Waals surface area contributed by atoms with E-state index in [4.69, 9.17) is 0 Å². The maximum absolute atomic E-state index is 3.45. The lowest BCUT2D eigenvalue weighted by atomic mass is 10.2. The number of rotatable bonds is 6. The topological polar surface area (TPSA) is 18.5 Å². The normalized spacial score (nSPS) is 19.3. The molecule has 0 amide bonds. The van der Waals surface area contributed by atoms with Gasteiger partial charge in [0.2, 0.25) is 0 Å². The van der Waals surface area contributed by atoms with Gasteiger partial charge in [0.1, 0.15) is 0 Å². The molecule has 0 atom stereocenters. The average molecular weight is 227 g/mol. The van der Waals surface area contributed by atoms with Gasteiger partial charge in [0.15, 0.2) is 0 Å². The average Bonchev–Trinajstić information content (AvgIpc) is 2.52. The van der Waals surface area contributed by atoms with Crippen LogP contribution in [-0.2, 0) is 0 Å². The molecule has 0 aliphatic carbocycles. The van der Waals surface area contributed by atoms with E-state index >= 15 is 0 Å². The molecule has 1 N–H and O–H groups in total. The Morgan fingerprint density at radius 1 is 1.19 bits per heavy atom. The van der Waals surface area contributed by atoms with E-state index < -0.39 is 0 Å². The fourth-order valence-corrected chi connectivity index (χ4v) is 2.08. The van der Waals surface area contributed by atoms with Gasteiger partial charge in [-0.05, 0) is 66.3 Å². The predicted molar refractivity (Wildman–Crippen MR) is 70.9 cm³/mol. The first-order valence-corrected chi connectivity index (χ1v) is 6.83. The Kier molecular flexibility index (Phi) is 7.01. The van der Waals surface area contributed by atoms with Gasteiger partial charge >= 0.3 is 0 Å². The van der Waals surface area contributed by atoms with Crippen molar-refractivity contribution in [1.82, 2.24) is 15.1 Å². The van der Waals surface area contributed by atoms with Gasteiger partial charge in [0, 0.05) is 19.1 Å². The molecule has 1 aliphatic rings. The molecule has 0 radical (unpaired) electrons. The highest BCUT2D eigenvalue weighted by Gasteiger charge is 2.08. The summed E-state index contributed by atoms with van der Waals surface area (Å²) in [6.07, 6.45) is 3.99. The van der Waals surface area contributed by atoms with E-state index in [1.54, 1.807) is 0 Å². The van der Waals surface area contributed by atoms with Crippen molar-refractivity contribution >= 4 is 0 Å². The molecule has 1 aliphatic heterocycles. The van der Waals surface area contributed by atoms with Crippen molar-refractivity contribution in [3.05, 3.63) is 0 Å². The summed E-state index contributed by atoms with van der Waals surface area (Å²) in [5.41, 5.74) is 0. The molecule has 3 heteroatoms.